The van der Waals surface area contributed by atoms with Gasteiger partial charge in [-0.25, -0.2) is 0 Å². The van der Waals surface area contributed by atoms with Crippen LogP contribution < -0.4 is 10.2 Å². The summed E-state index contributed by atoms with van der Waals surface area (Å²) in [6.07, 6.45) is 10.2. The van der Waals surface area contributed by atoms with E-state index >= 15 is 0 Å². The van der Waals surface area contributed by atoms with Crippen LogP contribution in [0.1, 0.15) is 86.0 Å². The van der Waals surface area contributed by atoms with Crippen molar-refractivity contribution in [2.45, 2.75) is 94.9 Å². The third kappa shape index (κ3) is 33.5. The van der Waals surface area contributed by atoms with Gasteiger partial charge in [0.15, 0.2) is 0 Å². The van der Waals surface area contributed by atoms with Crippen molar-refractivity contribution in [1.82, 2.24) is 0 Å². The molecule has 0 radical (unpaired) electrons. The van der Waals surface area contributed by atoms with Crippen LogP contribution in [0, 0.1) is 5.92 Å². The first-order valence-electron chi connectivity index (χ1n) is 9.04. The minimum Gasteiger partial charge on any atom is -0.854 e. The van der Waals surface area contributed by atoms with Gasteiger partial charge in [0.05, 0.1) is 0 Å². The average Bonchev–Trinajstić information content (AvgIpc) is 2.54. The Labute approximate surface area is 145 Å². The second-order valence-electron chi connectivity index (χ2n) is 5.38. The van der Waals surface area contributed by atoms with Crippen LogP contribution in [0.15, 0.2) is 0 Å². The number of unbranched alkanes of at least 4 members (excludes halogenated alkanes) is 2. The van der Waals surface area contributed by atoms with Crippen LogP contribution in [-0.4, -0.2) is 34.4 Å². The second kappa shape index (κ2) is 28.8. The average molecular weight is 407 g/mol. The van der Waals surface area contributed by atoms with Gasteiger partial charge in [0.1, 0.15) is 0 Å². The zero-order valence-electron chi connectivity index (χ0n) is 15.4. The van der Waals surface area contributed by atoms with Gasteiger partial charge in [0.25, 0.3) is 0 Å². The molecule has 0 amide bonds. The van der Waals surface area contributed by atoms with Gasteiger partial charge in [-0.05, 0) is 0 Å². The van der Waals surface area contributed by atoms with Gasteiger partial charge in [0.2, 0.25) is 0 Å². The van der Waals surface area contributed by atoms with Crippen LogP contribution in [-0.2, 0) is 0 Å². The summed E-state index contributed by atoms with van der Waals surface area (Å²) in [7, 11) is 0. The van der Waals surface area contributed by atoms with E-state index < -0.39 is 0 Å². The van der Waals surface area contributed by atoms with Gasteiger partial charge >= 0.3 is 95.2 Å². The summed E-state index contributed by atoms with van der Waals surface area (Å²) >= 11 is 0.0553. The normalized spacial score (nSPS) is 10.6. The molecular formula is C18H40O2Sn. The van der Waals surface area contributed by atoms with Crippen LogP contribution in [0.4, 0.5) is 0 Å². The van der Waals surface area contributed by atoms with Crippen LogP contribution in [0.25, 0.3) is 0 Å². The Morgan fingerprint density at radius 2 is 1.24 bits per heavy atom. The summed E-state index contributed by atoms with van der Waals surface area (Å²) in [4.78, 5) is 0. The molecule has 0 heterocycles. The number of hydrogen-bond acceptors (Lipinski definition) is 2. The molecule has 2 nitrogen and oxygen atoms in total. The maximum absolute atomic E-state index is 9.30. The fraction of sp³-hybridized carbons (Fsp3) is 1.00. The van der Waals surface area contributed by atoms with E-state index in [1.54, 1.807) is 8.87 Å². The molecule has 0 bridgehead atoms. The summed E-state index contributed by atoms with van der Waals surface area (Å²) < 4.78 is 3.28. The molecule has 0 spiro atoms. The van der Waals surface area contributed by atoms with Crippen LogP contribution in [0.3, 0.4) is 0 Å². The standard InChI is InChI=1S/C8H17.C4H9.2C3H7O.Sn/c1-4-6-7-8(3)5-2;1-3-4-2;2*1-2-3-4;/h8H,3-7H2,1-2H3;1,3-4H2,2H3;2*2-3H2,1H3;/q;;2*-1;+2. The Morgan fingerprint density at radius 1 is 0.762 bits per heavy atom. The Bertz CT molecular complexity index is 135. The molecular weight excluding hydrogens is 367 g/mol. The molecule has 0 aliphatic rings. The summed E-state index contributed by atoms with van der Waals surface area (Å²) in [5.41, 5.74) is 0. The quantitative estimate of drug-likeness (QED) is 0.383. The second-order valence-corrected chi connectivity index (χ2v) is 9.40. The summed E-state index contributed by atoms with van der Waals surface area (Å²) in [6.45, 7) is 10.9. The van der Waals surface area contributed by atoms with Crippen molar-refractivity contribution in [1.29, 1.82) is 0 Å². The van der Waals surface area contributed by atoms with Crippen molar-refractivity contribution in [3.05, 3.63) is 0 Å². The molecule has 0 saturated heterocycles. The number of rotatable bonds is 11. The number of hydrogen-bond donors (Lipinski definition) is 0. The fourth-order valence-electron chi connectivity index (χ4n) is 1.55. The van der Waals surface area contributed by atoms with E-state index in [0.717, 1.165) is 18.8 Å². The molecule has 0 fully saturated rings. The van der Waals surface area contributed by atoms with E-state index in [2.05, 4.69) is 20.8 Å². The Kier molecular flexibility index (Phi) is 36.5. The summed E-state index contributed by atoms with van der Waals surface area (Å²) in [5.74, 6) is 1.10. The van der Waals surface area contributed by atoms with Gasteiger partial charge in [0, 0.05) is 0 Å². The largest absolute Gasteiger partial charge is 0.854 e. The van der Waals surface area contributed by atoms with Crippen molar-refractivity contribution in [3.8, 4) is 0 Å². The summed E-state index contributed by atoms with van der Waals surface area (Å²) in [6, 6.07) is 0. The first-order valence-corrected chi connectivity index (χ1v) is 13.1. The smallest absolute Gasteiger partial charge is 0.0667 e. The van der Waals surface area contributed by atoms with E-state index in [1.807, 2.05) is 13.8 Å². The van der Waals surface area contributed by atoms with Crippen LogP contribution >= 0.6 is 0 Å². The molecule has 0 aliphatic heterocycles. The van der Waals surface area contributed by atoms with Gasteiger partial charge in [-0.15, -0.1) is 13.2 Å². The minimum atomic E-state index is 0.0553. The Hall–Kier alpha value is 0.719. The SMILES string of the molecule is CCC[CH2][Sn+2][CH2]C(CC)CCCC.CCC[O-].CCC[O-]. The molecule has 0 aromatic rings. The van der Waals surface area contributed by atoms with E-state index in [0.29, 0.717) is 0 Å². The molecule has 21 heavy (non-hydrogen) atoms. The van der Waals surface area contributed by atoms with Crippen LogP contribution in [0.2, 0.25) is 8.87 Å². The maximum atomic E-state index is 9.30. The van der Waals surface area contributed by atoms with Gasteiger partial charge < -0.3 is 10.2 Å². The fourth-order valence-corrected chi connectivity index (χ4v) is 6.43. The van der Waals surface area contributed by atoms with E-state index in [1.165, 1.54) is 38.5 Å². The third-order valence-corrected chi connectivity index (χ3v) is 7.58. The Morgan fingerprint density at radius 3 is 1.57 bits per heavy atom. The zero-order valence-corrected chi connectivity index (χ0v) is 18.2. The van der Waals surface area contributed by atoms with E-state index in [-0.39, 0.29) is 34.4 Å². The van der Waals surface area contributed by atoms with Crippen molar-refractivity contribution >= 4 is 21.1 Å². The van der Waals surface area contributed by atoms with Crippen molar-refractivity contribution in [2.75, 3.05) is 13.2 Å². The first kappa shape index (κ1) is 26.6. The molecule has 0 aliphatic carbocycles. The molecule has 0 rings (SSSR count). The molecule has 1 unspecified atom stereocenters. The topological polar surface area (TPSA) is 46.1 Å². The third-order valence-electron chi connectivity index (χ3n) is 3.09. The molecule has 3 heteroatoms. The van der Waals surface area contributed by atoms with E-state index in [9.17, 15) is 10.2 Å². The molecule has 0 N–H and O–H groups in total. The van der Waals surface area contributed by atoms with Crippen molar-refractivity contribution < 1.29 is 10.2 Å². The van der Waals surface area contributed by atoms with Gasteiger partial charge in [-0.3, -0.25) is 0 Å². The first-order chi connectivity index (χ1) is 10.2. The van der Waals surface area contributed by atoms with Crippen molar-refractivity contribution in [3.63, 3.8) is 0 Å². The molecule has 0 aromatic heterocycles. The zero-order chi connectivity index (χ0) is 16.8. The summed E-state index contributed by atoms with van der Waals surface area (Å²) in [5, 5.41) is 18.6. The predicted molar refractivity (Wildman–Crippen MR) is 93.9 cm³/mol. The minimum absolute atomic E-state index is 0.0553. The molecule has 128 valence electrons. The molecule has 1 atom stereocenters. The van der Waals surface area contributed by atoms with E-state index in [4.69, 9.17) is 0 Å². The predicted octanol–water partition coefficient (Wildman–Crippen LogP) is 4.06. The van der Waals surface area contributed by atoms with Crippen molar-refractivity contribution in [2.24, 2.45) is 5.92 Å². The molecule has 0 saturated carbocycles. The monoisotopic (exact) mass is 408 g/mol. The Balaban J connectivity index is -0.000000334. The van der Waals surface area contributed by atoms with Gasteiger partial charge in [-0.2, -0.15) is 0 Å². The maximum Gasteiger partial charge on any atom is -0.0667 e. The van der Waals surface area contributed by atoms with Gasteiger partial charge in [-0.1, -0.05) is 26.7 Å². The van der Waals surface area contributed by atoms with Crippen LogP contribution in [0.5, 0.6) is 0 Å². The molecule has 0 aromatic carbocycles.